The monoisotopic (exact) mass is 419 g/mol. The van der Waals surface area contributed by atoms with Crippen LogP contribution in [0, 0.1) is 10.1 Å². The van der Waals surface area contributed by atoms with Crippen molar-refractivity contribution in [2.75, 3.05) is 47.0 Å². The first-order chi connectivity index (χ1) is 14.4. The SMILES string of the molecule is COc1ccc(OC)c(CN2CCN(C(=O)COc3nn(C)cc3[N+](=O)[O-])CC2)c1. The van der Waals surface area contributed by atoms with Gasteiger partial charge in [0.05, 0.1) is 19.1 Å². The number of methoxy groups -OCH3 is 2. The van der Waals surface area contributed by atoms with Crippen molar-refractivity contribution < 1.29 is 23.9 Å². The Balaban J connectivity index is 1.52. The van der Waals surface area contributed by atoms with Gasteiger partial charge >= 0.3 is 11.6 Å². The minimum atomic E-state index is -0.585. The highest BCUT2D eigenvalue weighted by Gasteiger charge is 2.25. The summed E-state index contributed by atoms with van der Waals surface area (Å²) in [5.74, 6) is 1.17. The predicted molar refractivity (Wildman–Crippen MR) is 107 cm³/mol. The average Bonchev–Trinajstić information content (AvgIpc) is 3.13. The predicted octanol–water partition coefficient (Wildman–Crippen LogP) is 1.07. The molecule has 11 heteroatoms. The highest BCUT2D eigenvalue weighted by atomic mass is 16.6. The molecule has 2 heterocycles. The van der Waals surface area contributed by atoms with Gasteiger partial charge < -0.3 is 19.1 Å². The number of rotatable bonds is 8. The lowest BCUT2D eigenvalue weighted by atomic mass is 10.1. The van der Waals surface area contributed by atoms with E-state index in [1.807, 2.05) is 18.2 Å². The van der Waals surface area contributed by atoms with Crippen molar-refractivity contribution in [2.24, 2.45) is 7.05 Å². The van der Waals surface area contributed by atoms with Crippen LogP contribution in [0.1, 0.15) is 5.56 Å². The fraction of sp³-hybridized carbons (Fsp3) is 0.474. The highest BCUT2D eigenvalue weighted by molar-refractivity contribution is 5.78. The maximum Gasteiger partial charge on any atom is 0.350 e. The van der Waals surface area contributed by atoms with Crippen LogP contribution < -0.4 is 14.2 Å². The van der Waals surface area contributed by atoms with Crippen LogP contribution in [0.3, 0.4) is 0 Å². The van der Waals surface area contributed by atoms with Gasteiger partial charge in [-0.2, -0.15) is 0 Å². The molecule has 1 aromatic heterocycles. The fourth-order valence-electron chi connectivity index (χ4n) is 3.31. The Bertz CT molecular complexity index is 907. The van der Waals surface area contributed by atoms with Gasteiger partial charge in [-0.05, 0) is 18.2 Å². The molecule has 1 aliphatic heterocycles. The number of hydrogen-bond acceptors (Lipinski definition) is 8. The minimum absolute atomic E-state index is 0.153. The normalized spacial score (nSPS) is 14.4. The van der Waals surface area contributed by atoms with E-state index in [-0.39, 0.29) is 24.1 Å². The number of carbonyl (C=O) groups is 1. The second-order valence-electron chi connectivity index (χ2n) is 6.87. The molecule has 0 atom stereocenters. The zero-order valence-corrected chi connectivity index (χ0v) is 17.2. The van der Waals surface area contributed by atoms with E-state index in [1.165, 1.54) is 10.9 Å². The zero-order chi connectivity index (χ0) is 21.7. The molecule has 0 spiro atoms. The molecule has 1 aliphatic rings. The van der Waals surface area contributed by atoms with E-state index in [1.54, 1.807) is 26.2 Å². The number of benzene rings is 1. The van der Waals surface area contributed by atoms with Crippen LogP contribution in [-0.4, -0.2) is 77.4 Å². The average molecular weight is 419 g/mol. The number of piperazine rings is 1. The van der Waals surface area contributed by atoms with Crippen LogP contribution in [0.5, 0.6) is 17.4 Å². The first-order valence-corrected chi connectivity index (χ1v) is 9.43. The van der Waals surface area contributed by atoms with Gasteiger partial charge in [-0.15, -0.1) is 5.10 Å². The van der Waals surface area contributed by atoms with Crippen molar-refractivity contribution >= 4 is 11.6 Å². The summed E-state index contributed by atoms with van der Waals surface area (Å²) in [6, 6.07) is 5.68. The van der Waals surface area contributed by atoms with Crippen LogP contribution in [0.2, 0.25) is 0 Å². The third-order valence-electron chi connectivity index (χ3n) is 4.91. The number of ether oxygens (including phenoxy) is 3. The third kappa shape index (κ3) is 4.98. The molecule has 30 heavy (non-hydrogen) atoms. The molecule has 1 amide bonds. The second kappa shape index (κ2) is 9.44. The lowest BCUT2D eigenvalue weighted by molar-refractivity contribution is -0.385. The molecule has 1 aromatic carbocycles. The van der Waals surface area contributed by atoms with Gasteiger partial charge in [-0.1, -0.05) is 0 Å². The standard InChI is InChI=1S/C19H25N5O6/c1-21-12-16(24(26)27)19(20-21)30-13-18(25)23-8-6-22(7-9-23)11-14-10-15(28-2)4-5-17(14)29-3/h4-5,10,12H,6-9,11,13H2,1-3H3. The van der Waals surface area contributed by atoms with E-state index < -0.39 is 4.92 Å². The largest absolute Gasteiger partial charge is 0.497 e. The number of carbonyl (C=O) groups excluding carboxylic acids is 1. The summed E-state index contributed by atoms with van der Waals surface area (Å²) in [4.78, 5) is 26.8. The van der Waals surface area contributed by atoms with Crippen molar-refractivity contribution in [2.45, 2.75) is 6.54 Å². The Labute approximate surface area is 173 Å². The summed E-state index contributed by atoms with van der Waals surface area (Å²) >= 11 is 0. The van der Waals surface area contributed by atoms with Gasteiger partial charge in [-0.3, -0.25) is 24.5 Å². The molecule has 0 radical (unpaired) electrons. The molecule has 3 rings (SSSR count). The van der Waals surface area contributed by atoms with Crippen molar-refractivity contribution in [3.05, 3.63) is 40.1 Å². The smallest absolute Gasteiger partial charge is 0.350 e. The molecule has 1 fully saturated rings. The number of aromatic nitrogens is 2. The van der Waals surface area contributed by atoms with Crippen LogP contribution in [-0.2, 0) is 18.4 Å². The lowest BCUT2D eigenvalue weighted by Gasteiger charge is -2.34. The summed E-state index contributed by atoms with van der Waals surface area (Å²) in [6.07, 6.45) is 1.24. The quantitative estimate of drug-likeness (QED) is 0.461. The van der Waals surface area contributed by atoms with E-state index in [0.717, 1.165) is 17.1 Å². The fourth-order valence-corrected chi connectivity index (χ4v) is 3.31. The maximum atomic E-state index is 12.4. The van der Waals surface area contributed by atoms with Crippen molar-refractivity contribution in [3.63, 3.8) is 0 Å². The summed E-state index contributed by atoms with van der Waals surface area (Å²) in [5, 5.41) is 14.9. The number of amides is 1. The summed E-state index contributed by atoms with van der Waals surface area (Å²) < 4.78 is 17.3. The van der Waals surface area contributed by atoms with E-state index >= 15 is 0 Å². The Kier molecular flexibility index (Phi) is 6.72. The highest BCUT2D eigenvalue weighted by Crippen LogP contribution is 2.26. The Morgan fingerprint density at radius 2 is 1.93 bits per heavy atom. The van der Waals surface area contributed by atoms with E-state index in [2.05, 4.69) is 10.00 Å². The molecular formula is C19H25N5O6. The molecule has 1 saturated heterocycles. The van der Waals surface area contributed by atoms with Gasteiger partial charge in [0, 0.05) is 45.3 Å². The van der Waals surface area contributed by atoms with Crippen molar-refractivity contribution in [3.8, 4) is 17.4 Å². The van der Waals surface area contributed by atoms with Crippen LogP contribution in [0.25, 0.3) is 0 Å². The van der Waals surface area contributed by atoms with E-state index in [9.17, 15) is 14.9 Å². The lowest BCUT2D eigenvalue weighted by Crippen LogP contribution is -2.49. The molecule has 0 unspecified atom stereocenters. The number of nitrogens with zero attached hydrogens (tertiary/aromatic N) is 5. The maximum absolute atomic E-state index is 12.4. The molecule has 2 aromatic rings. The zero-order valence-electron chi connectivity index (χ0n) is 17.2. The Morgan fingerprint density at radius 1 is 1.20 bits per heavy atom. The van der Waals surface area contributed by atoms with E-state index in [0.29, 0.717) is 32.7 Å². The van der Waals surface area contributed by atoms with Gasteiger partial charge in [0.1, 0.15) is 17.7 Å². The van der Waals surface area contributed by atoms with Gasteiger partial charge in [-0.25, -0.2) is 0 Å². The molecule has 0 N–H and O–H groups in total. The second-order valence-corrected chi connectivity index (χ2v) is 6.87. The van der Waals surface area contributed by atoms with Crippen LogP contribution in [0.4, 0.5) is 5.69 Å². The van der Waals surface area contributed by atoms with Gasteiger partial charge in [0.15, 0.2) is 6.61 Å². The topological polar surface area (TPSA) is 112 Å². The van der Waals surface area contributed by atoms with Crippen molar-refractivity contribution in [1.29, 1.82) is 0 Å². The summed E-state index contributed by atoms with van der Waals surface area (Å²) in [5.41, 5.74) is 0.754. The molecule has 0 aliphatic carbocycles. The molecule has 11 nitrogen and oxygen atoms in total. The summed E-state index contributed by atoms with van der Waals surface area (Å²) in [6.45, 7) is 2.85. The molecular weight excluding hydrogens is 394 g/mol. The Morgan fingerprint density at radius 3 is 2.57 bits per heavy atom. The number of hydrogen-bond donors (Lipinski definition) is 0. The molecule has 162 valence electrons. The van der Waals surface area contributed by atoms with Crippen LogP contribution in [0.15, 0.2) is 24.4 Å². The first kappa shape index (κ1) is 21.4. The van der Waals surface area contributed by atoms with Gasteiger partial charge in [0.2, 0.25) is 0 Å². The first-order valence-electron chi connectivity index (χ1n) is 9.43. The molecule has 0 bridgehead atoms. The minimum Gasteiger partial charge on any atom is -0.497 e. The number of aryl methyl sites for hydroxylation is 1. The third-order valence-corrected chi connectivity index (χ3v) is 4.91. The number of nitro groups is 1. The summed E-state index contributed by atoms with van der Waals surface area (Å²) in [7, 11) is 4.81. The van der Waals surface area contributed by atoms with Crippen molar-refractivity contribution in [1.82, 2.24) is 19.6 Å². The van der Waals surface area contributed by atoms with Gasteiger partial charge in [0.25, 0.3) is 5.91 Å². The Hall–Kier alpha value is -3.34. The van der Waals surface area contributed by atoms with E-state index in [4.69, 9.17) is 14.2 Å². The van der Waals surface area contributed by atoms with Crippen LogP contribution >= 0.6 is 0 Å². The molecule has 0 saturated carbocycles.